The van der Waals surface area contributed by atoms with E-state index in [4.69, 9.17) is 4.74 Å². The van der Waals surface area contributed by atoms with Crippen molar-refractivity contribution in [2.24, 2.45) is 0 Å². The van der Waals surface area contributed by atoms with Crippen LogP contribution in [0.4, 0.5) is 14.5 Å². The maximum atomic E-state index is 13.5. The van der Waals surface area contributed by atoms with Crippen molar-refractivity contribution in [2.45, 2.75) is 13.0 Å². The molecular weight excluding hydrogens is 284 g/mol. The monoisotopic (exact) mass is 295 g/mol. The minimum absolute atomic E-state index is 0.00612. The Kier molecular flexibility index (Phi) is 4.13. The van der Waals surface area contributed by atoms with Crippen molar-refractivity contribution in [3.8, 4) is 11.5 Å². The van der Waals surface area contributed by atoms with Gasteiger partial charge in [-0.25, -0.2) is 4.39 Å². The summed E-state index contributed by atoms with van der Waals surface area (Å²) in [7, 11) is 0. The number of nitrogens with zero attached hydrogens (tertiary/aromatic N) is 1. The van der Waals surface area contributed by atoms with Crippen LogP contribution in [-0.2, 0) is 0 Å². The zero-order valence-corrected chi connectivity index (χ0v) is 10.9. The Labute approximate surface area is 118 Å². The molecule has 7 heteroatoms. The number of rotatable bonds is 4. The largest absolute Gasteiger partial charge is 0.457 e. The van der Waals surface area contributed by atoms with Gasteiger partial charge >= 0.3 is 5.69 Å². The van der Waals surface area contributed by atoms with Gasteiger partial charge in [0.05, 0.1) is 11.0 Å². The van der Waals surface area contributed by atoms with Crippen LogP contribution < -0.4 is 4.74 Å². The molecule has 0 bridgehead atoms. The van der Waals surface area contributed by atoms with Crippen LogP contribution in [0, 0.1) is 21.7 Å². The number of aliphatic hydroxyl groups is 1. The van der Waals surface area contributed by atoms with E-state index in [0.29, 0.717) is 0 Å². The lowest BCUT2D eigenvalue weighted by Gasteiger charge is -2.13. The first kappa shape index (κ1) is 14.9. The molecule has 0 saturated carbocycles. The molecule has 0 radical (unpaired) electrons. The molecule has 2 rings (SSSR count). The number of hydrogen-bond acceptors (Lipinski definition) is 4. The highest BCUT2D eigenvalue weighted by Gasteiger charge is 2.16. The zero-order chi connectivity index (χ0) is 15.6. The molecule has 110 valence electrons. The first-order valence-corrected chi connectivity index (χ1v) is 5.98. The topological polar surface area (TPSA) is 72.6 Å². The van der Waals surface area contributed by atoms with E-state index in [-0.39, 0.29) is 17.1 Å². The minimum Gasteiger partial charge on any atom is -0.457 e. The second-order valence-electron chi connectivity index (χ2n) is 4.33. The molecule has 0 amide bonds. The first-order valence-electron chi connectivity index (χ1n) is 5.98. The normalized spacial score (nSPS) is 12.0. The lowest BCUT2D eigenvalue weighted by Crippen LogP contribution is -1.98. The summed E-state index contributed by atoms with van der Waals surface area (Å²) < 4.78 is 32.0. The molecule has 0 aromatic heterocycles. The van der Waals surface area contributed by atoms with Gasteiger partial charge in [0.2, 0.25) is 5.82 Å². The third-order valence-electron chi connectivity index (χ3n) is 2.77. The fourth-order valence-corrected chi connectivity index (χ4v) is 1.76. The van der Waals surface area contributed by atoms with Crippen LogP contribution in [0.1, 0.15) is 18.6 Å². The molecule has 0 aliphatic heterocycles. The number of ether oxygens (including phenoxy) is 1. The number of hydrogen-bond donors (Lipinski definition) is 1. The van der Waals surface area contributed by atoms with Gasteiger partial charge in [0.1, 0.15) is 17.3 Å². The summed E-state index contributed by atoms with van der Waals surface area (Å²) in [6, 6.07) is 6.56. The van der Waals surface area contributed by atoms with E-state index in [0.717, 1.165) is 24.3 Å². The van der Waals surface area contributed by atoms with Gasteiger partial charge in [-0.2, -0.15) is 4.39 Å². The molecule has 0 fully saturated rings. The number of aliphatic hydroxyl groups excluding tert-OH is 1. The van der Waals surface area contributed by atoms with Gasteiger partial charge in [-0.1, -0.05) is 0 Å². The predicted octanol–water partition coefficient (Wildman–Crippen LogP) is 3.72. The van der Waals surface area contributed by atoms with Gasteiger partial charge in [0.25, 0.3) is 0 Å². The molecule has 1 N–H and O–H groups in total. The molecule has 0 spiro atoms. The van der Waals surface area contributed by atoms with Gasteiger partial charge in [-0.15, -0.1) is 0 Å². The minimum atomic E-state index is -1.04. The van der Waals surface area contributed by atoms with E-state index >= 15 is 0 Å². The van der Waals surface area contributed by atoms with Crippen molar-refractivity contribution in [2.75, 3.05) is 0 Å². The number of nitro benzene ring substituents is 1. The van der Waals surface area contributed by atoms with Crippen molar-refractivity contribution < 1.29 is 23.5 Å². The number of nitro groups is 1. The molecule has 0 saturated heterocycles. The summed E-state index contributed by atoms with van der Waals surface area (Å²) in [6.07, 6.45) is -0.987. The SMILES string of the molecule is CC(O)c1cc(F)ccc1Oc1ccc([N+](=O)[O-])c(F)c1. The summed E-state index contributed by atoms with van der Waals surface area (Å²) in [5, 5.41) is 20.1. The van der Waals surface area contributed by atoms with Crippen LogP contribution in [-0.4, -0.2) is 10.0 Å². The summed E-state index contributed by atoms with van der Waals surface area (Å²) in [6.45, 7) is 1.43. The van der Waals surface area contributed by atoms with Crippen LogP contribution in [0.2, 0.25) is 0 Å². The van der Waals surface area contributed by atoms with E-state index in [1.807, 2.05) is 0 Å². The van der Waals surface area contributed by atoms with Gasteiger partial charge < -0.3 is 9.84 Å². The molecule has 2 aromatic rings. The Morgan fingerprint density at radius 2 is 1.95 bits per heavy atom. The van der Waals surface area contributed by atoms with Gasteiger partial charge in [-0.05, 0) is 31.2 Å². The summed E-state index contributed by atoms with van der Waals surface area (Å²) >= 11 is 0. The van der Waals surface area contributed by atoms with E-state index in [1.54, 1.807) is 0 Å². The average Bonchev–Trinajstić information content (AvgIpc) is 2.40. The fourth-order valence-electron chi connectivity index (χ4n) is 1.76. The molecule has 0 aliphatic rings. The summed E-state index contributed by atoms with van der Waals surface area (Å²) in [5.41, 5.74) is -0.481. The lowest BCUT2D eigenvalue weighted by atomic mass is 10.1. The second kappa shape index (κ2) is 5.84. The van der Waals surface area contributed by atoms with Gasteiger partial charge in [0.15, 0.2) is 0 Å². The molecule has 1 atom stereocenters. The molecule has 1 unspecified atom stereocenters. The average molecular weight is 295 g/mol. The smallest absolute Gasteiger partial charge is 0.305 e. The second-order valence-corrected chi connectivity index (χ2v) is 4.33. The summed E-state index contributed by atoms with van der Waals surface area (Å²) in [5.74, 6) is -1.45. The molecule has 2 aromatic carbocycles. The lowest BCUT2D eigenvalue weighted by molar-refractivity contribution is -0.387. The van der Waals surface area contributed by atoms with Crippen molar-refractivity contribution >= 4 is 5.69 Å². The predicted molar refractivity (Wildman–Crippen MR) is 70.2 cm³/mol. The Morgan fingerprint density at radius 1 is 1.24 bits per heavy atom. The van der Waals surface area contributed by atoms with Gasteiger partial charge in [-0.3, -0.25) is 10.1 Å². The Balaban J connectivity index is 2.34. The van der Waals surface area contributed by atoms with Crippen LogP contribution in [0.15, 0.2) is 36.4 Å². The van der Waals surface area contributed by atoms with Crippen LogP contribution in [0.25, 0.3) is 0 Å². The number of benzene rings is 2. The Hall–Kier alpha value is -2.54. The summed E-state index contributed by atoms with van der Waals surface area (Å²) in [4.78, 5) is 9.67. The highest BCUT2D eigenvalue weighted by atomic mass is 19.1. The standard InChI is InChI=1S/C14H11F2NO4/c1-8(18)11-6-9(15)2-5-14(11)21-10-3-4-13(17(19)20)12(16)7-10/h2-8,18H,1H3. The van der Waals surface area contributed by atoms with Gasteiger partial charge in [0, 0.05) is 17.7 Å². The Bertz CT molecular complexity index is 689. The quantitative estimate of drug-likeness (QED) is 0.689. The third-order valence-corrected chi connectivity index (χ3v) is 2.77. The van der Waals surface area contributed by atoms with Crippen molar-refractivity contribution in [1.29, 1.82) is 0 Å². The molecule has 5 nitrogen and oxygen atoms in total. The van der Waals surface area contributed by atoms with Crippen molar-refractivity contribution in [3.63, 3.8) is 0 Å². The third kappa shape index (κ3) is 3.32. The maximum absolute atomic E-state index is 13.5. The molecule has 0 heterocycles. The molecule has 21 heavy (non-hydrogen) atoms. The van der Waals surface area contributed by atoms with E-state index in [2.05, 4.69) is 0 Å². The fraction of sp³-hybridized carbons (Fsp3) is 0.143. The van der Waals surface area contributed by atoms with Crippen molar-refractivity contribution in [1.82, 2.24) is 0 Å². The maximum Gasteiger partial charge on any atom is 0.305 e. The van der Waals surface area contributed by atoms with Crippen LogP contribution in [0.5, 0.6) is 11.5 Å². The zero-order valence-electron chi connectivity index (χ0n) is 10.9. The highest BCUT2D eigenvalue weighted by molar-refractivity contribution is 5.43. The Morgan fingerprint density at radius 3 is 2.52 bits per heavy atom. The number of halogens is 2. The van der Waals surface area contributed by atoms with Crippen LogP contribution in [0.3, 0.4) is 0 Å². The van der Waals surface area contributed by atoms with Crippen molar-refractivity contribution in [3.05, 3.63) is 63.7 Å². The highest BCUT2D eigenvalue weighted by Crippen LogP contribution is 2.32. The van der Waals surface area contributed by atoms with E-state index in [9.17, 15) is 24.0 Å². The molecule has 0 aliphatic carbocycles. The molecular formula is C14H11F2NO4. The first-order chi connectivity index (χ1) is 9.88. The van der Waals surface area contributed by atoms with E-state index in [1.165, 1.54) is 19.1 Å². The van der Waals surface area contributed by atoms with E-state index < -0.39 is 28.3 Å². The van der Waals surface area contributed by atoms with Crippen LogP contribution >= 0.6 is 0 Å².